The van der Waals surface area contributed by atoms with Crippen LogP contribution in [0.1, 0.15) is 107 Å². The summed E-state index contributed by atoms with van der Waals surface area (Å²) in [7, 11) is 0. The lowest BCUT2D eigenvalue weighted by atomic mass is 9.77. The topological polar surface area (TPSA) is 72.2 Å². The molecule has 5 heteroatoms. The van der Waals surface area contributed by atoms with E-state index in [0.29, 0.717) is 18.5 Å². The Balaban J connectivity index is 1.20. The predicted octanol–water partition coefficient (Wildman–Crippen LogP) is 6.85. The largest absolute Gasteiger partial charge is 0.434 e. The van der Waals surface area contributed by atoms with Gasteiger partial charge in [-0.2, -0.15) is 0 Å². The van der Waals surface area contributed by atoms with Gasteiger partial charge in [0.25, 0.3) is 5.89 Å². The van der Waals surface area contributed by atoms with Crippen molar-refractivity contribution in [2.24, 2.45) is 17.8 Å². The summed E-state index contributed by atoms with van der Waals surface area (Å²) in [5, 5.41) is 3.21. The maximum atomic E-state index is 13.1. The van der Waals surface area contributed by atoms with Crippen molar-refractivity contribution >= 4 is 22.8 Å². The van der Waals surface area contributed by atoms with Crippen LogP contribution in [0.25, 0.3) is 11.1 Å². The number of ketones is 1. The average Bonchev–Trinajstić information content (AvgIpc) is 3.29. The molecule has 0 spiro atoms. The van der Waals surface area contributed by atoms with Crippen molar-refractivity contribution in [1.29, 1.82) is 0 Å². The summed E-state index contributed by atoms with van der Waals surface area (Å²) in [6.07, 6.45) is 17.3. The zero-order chi connectivity index (χ0) is 22.9. The molecule has 0 aliphatic heterocycles. The molecule has 33 heavy (non-hydrogen) atoms. The molecule has 4 rings (SSSR count). The van der Waals surface area contributed by atoms with Crippen molar-refractivity contribution < 1.29 is 14.0 Å². The Labute approximate surface area is 198 Å². The van der Waals surface area contributed by atoms with Crippen molar-refractivity contribution in [1.82, 2.24) is 10.3 Å². The Morgan fingerprint density at radius 1 is 0.909 bits per heavy atom. The van der Waals surface area contributed by atoms with E-state index >= 15 is 0 Å². The highest BCUT2D eigenvalue weighted by Crippen LogP contribution is 2.35. The highest BCUT2D eigenvalue weighted by atomic mass is 16.4. The molecule has 1 amide bonds. The fraction of sp³-hybridized carbons (Fsp3) is 0.679. The molecule has 2 saturated carbocycles. The number of carbonyl (C=O) groups excluding carboxylic acids is 2. The number of nitrogens with zero attached hydrogens (tertiary/aromatic N) is 1. The van der Waals surface area contributed by atoms with Gasteiger partial charge in [0.2, 0.25) is 11.7 Å². The zero-order valence-corrected chi connectivity index (χ0v) is 20.0. The first-order chi connectivity index (χ1) is 16.2. The first-order valence-corrected chi connectivity index (χ1v) is 13.4. The number of aromatic nitrogens is 1. The second-order valence-electron chi connectivity index (χ2n) is 10.3. The summed E-state index contributed by atoms with van der Waals surface area (Å²) in [6, 6.07) is 7.44. The van der Waals surface area contributed by atoms with Gasteiger partial charge in [-0.15, -0.1) is 0 Å². The van der Waals surface area contributed by atoms with E-state index < -0.39 is 0 Å². The monoisotopic (exact) mass is 452 g/mol. The van der Waals surface area contributed by atoms with E-state index in [0.717, 1.165) is 43.0 Å². The van der Waals surface area contributed by atoms with E-state index in [1.165, 1.54) is 64.2 Å². The summed E-state index contributed by atoms with van der Waals surface area (Å²) in [4.78, 5) is 29.8. The molecule has 1 heterocycles. The van der Waals surface area contributed by atoms with E-state index in [9.17, 15) is 9.59 Å². The fourth-order valence-corrected chi connectivity index (χ4v) is 5.83. The van der Waals surface area contributed by atoms with Crippen molar-refractivity contribution in [3.05, 3.63) is 30.2 Å². The lowest BCUT2D eigenvalue weighted by molar-refractivity contribution is -0.126. The molecule has 2 aliphatic rings. The van der Waals surface area contributed by atoms with Gasteiger partial charge in [-0.3, -0.25) is 9.59 Å². The van der Waals surface area contributed by atoms with Gasteiger partial charge in [-0.05, 0) is 49.7 Å². The van der Waals surface area contributed by atoms with E-state index in [1.807, 2.05) is 24.3 Å². The van der Waals surface area contributed by atoms with Crippen molar-refractivity contribution in [3.8, 4) is 0 Å². The second-order valence-corrected chi connectivity index (χ2v) is 10.3. The number of para-hydroxylation sites is 2. The molecule has 0 atom stereocenters. The minimum atomic E-state index is -0.0648. The number of fused-ring (bicyclic) bond motifs is 1. The molecule has 180 valence electrons. The standard InChI is InChI=1S/C28H40N2O3/c31-25(28-30-24-15-7-8-17-26(24)33-28)16-9-10-18-29-27(32)23(19-21-11-3-1-4-12-21)20-22-13-5-2-6-14-22/h7-8,15,17,21-23H,1-6,9-14,16,18-20H2,(H,29,32). The number of nitrogens with one attached hydrogen (secondary N) is 1. The van der Waals surface area contributed by atoms with Gasteiger partial charge in [-0.1, -0.05) is 76.3 Å². The number of oxazole rings is 1. The van der Waals surface area contributed by atoms with E-state index in [1.54, 1.807) is 0 Å². The lowest BCUT2D eigenvalue weighted by Crippen LogP contribution is -2.34. The average molecular weight is 453 g/mol. The third-order valence-corrected chi connectivity index (χ3v) is 7.72. The van der Waals surface area contributed by atoms with Gasteiger partial charge in [-0.25, -0.2) is 4.98 Å². The molecule has 1 aromatic heterocycles. The molecule has 1 N–H and O–H groups in total. The zero-order valence-electron chi connectivity index (χ0n) is 20.0. The van der Waals surface area contributed by atoms with E-state index in [4.69, 9.17) is 4.42 Å². The van der Waals surface area contributed by atoms with Crippen LogP contribution >= 0.6 is 0 Å². The number of hydrogen-bond acceptors (Lipinski definition) is 4. The summed E-state index contributed by atoms with van der Waals surface area (Å²) in [6.45, 7) is 0.644. The van der Waals surface area contributed by atoms with Gasteiger partial charge in [0.05, 0.1) is 0 Å². The quantitative estimate of drug-likeness (QED) is 0.299. The molecule has 5 nitrogen and oxygen atoms in total. The molecule has 1 aromatic carbocycles. The maximum absolute atomic E-state index is 13.1. The minimum absolute atomic E-state index is 0.0648. The Hall–Kier alpha value is -2.17. The van der Waals surface area contributed by atoms with Crippen LogP contribution in [-0.2, 0) is 4.79 Å². The number of Topliss-reactive ketones (excluding diaryl/α,β-unsaturated/α-hetero) is 1. The Morgan fingerprint density at radius 3 is 2.18 bits per heavy atom. The molecule has 2 aromatic rings. The summed E-state index contributed by atoms with van der Waals surface area (Å²) >= 11 is 0. The van der Waals surface area contributed by atoms with Gasteiger partial charge in [0.1, 0.15) is 5.52 Å². The van der Waals surface area contributed by atoms with Crippen LogP contribution in [0.3, 0.4) is 0 Å². The molecule has 0 radical (unpaired) electrons. The normalized spacial score (nSPS) is 18.1. The Bertz CT molecular complexity index is 840. The first-order valence-electron chi connectivity index (χ1n) is 13.4. The maximum Gasteiger partial charge on any atom is 0.264 e. The van der Waals surface area contributed by atoms with Gasteiger partial charge in [0.15, 0.2) is 5.58 Å². The second kappa shape index (κ2) is 12.3. The third kappa shape index (κ3) is 7.15. The first kappa shape index (κ1) is 24.0. The SMILES string of the molecule is O=C(CCCCNC(=O)C(CC1CCCCC1)CC1CCCCC1)c1nc2ccccc2o1. The van der Waals surface area contributed by atoms with Crippen molar-refractivity contribution in [2.45, 2.75) is 96.3 Å². The minimum Gasteiger partial charge on any atom is -0.434 e. The molecule has 2 aliphatic carbocycles. The van der Waals surface area contributed by atoms with Crippen LogP contribution in [0, 0.1) is 17.8 Å². The number of rotatable bonds is 11. The molecular formula is C28H40N2O3. The molecule has 0 saturated heterocycles. The third-order valence-electron chi connectivity index (χ3n) is 7.72. The highest BCUT2D eigenvalue weighted by molar-refractivity contribution is 5.94. The summed E-state index contributed by atoms with van der Waals surface area (Å²) in [5.41, 5.74) is 1.37. The van der Waals surface area contributed by atoms with Crippen LogP contribution < -0.4 is 5.32 Å². The van der Waals surface area contributed by atoms with E-state index in [2.05, 4.69) is 10.3 Å². The summed E-state index contributed by atoms with van der Waals surface area (Å²) in [5.74, 6) is 2.00. The van der Waals surface area contributed by atoms with Crippen LogP contribution in [0.4, 0.5) is 0 Å². The summed E-state index contributed by atoms with van der Waals surface area (Å²) < 4.78 is 5.57. The smallest absolute Gasteiger partial charge is 0.264 e. The van der Waals surface area contributed by atoms with Gasteiger partial charge < -0.3 is 9.73 Å². The van der Waals surface area contributed by atoms with Crippen molar-refractivity contribution in [3.63, 3.8) is 0 Å². The number of carbonyl (C=O) groups is 2. The van der Waals surface area contributed by atoms with Gasteiger partial charge in [0, 0.05) is 18.9 Å². The predicted molar refractivity (Wildman–Crippen MR) is 131 cm³/mol. The van der Waals surface area contributed by atoms with Crippen LogP contribution in [0.15, 0.2) is 28.7 Å². The number of amides is 1. The highest BCUT2D eigenvalue weighted by Gasteiger charge is 2.27. The molecule has 0 unspecified atom stereocenters. The Kier molecular flexibility index (Phi) is 8.96. The number of hydrogen-bond donors (Lipinski definition) is 1. The van der Waals surface area contributed by atoms with Crippen LogP contribution in [0.2, 0.25) is 0 Å². The van der Waals surface area contributed by atoms with Crippen LogP contribution in [0.5, 0.6) is 0 Å². The lowest BCUT2D eigenvalue weighted by Gasteiger charge is -2.30. The van der Waals surface area contributed by atoms with E-state index in [-0.39, 0.29) is 23.5 Å². The van der Waals surface area contributed by atoms with Crippen LogP contribution in [-0.4, -0.2) is 23.2 Å². The number of benzene rings is 1. The number of unbranched alkanes of at least 4 members (excludes halogenated alkanes) is 1. The fourth-order valence-electron chi connectivity index (χ4n) is 5.83. The molecule has 2 fully saturated rings. The Morgan fingerprint density at radius 2 is 1.55 bits per heavy atom. The molecule has 0 bridgehead atoms. The van der Waals surface area contributed by atoms with Gasteiger partial charge >= 0.3 is 0 Å². The van der Waals surface area contributed by atoms with Crippen molar-refractivity contribution in [2.75, 3.05) is 6.54 Å². The molecular weight excluding hydrogens is 412 g/mol.